The Morgan fingerprint density at radius 2 is 1.90 bits per heavy atom. The fraction of sp³-hybridized carbons (Fsp3) is 0.321. The number of anilines is 1. The summed E-state index contributed by atoms with van der Waals surface area (Å²) in [7, 11) is 3.09. The number of benzene rings is 1. The van der Waals surface area contributed by atoms with Gasteiger partial charge in [0.1, 0.15) is 12.1 Å². The van der Waals surface area contributed by atoms with E-state index in [1.54, 1.807) is 44.9 Å². The van der Waals surface area contributed by atoms with Crippen LogP contribution in [-0.4, -0.2) is 47.8 Å². The highest BCUT2D eigenvalue weighted by Gasteiger charge is 2.34. The van der Waals surface area contributed by atoms with Crippen LogP contribution in [0.25, 0.3) is 33.9 Å². The highest BCUT2D eigenvalue weighted by atomic mass is 19.4. The fourth-order valence-corrected chi connectivity index (χ4v) is 4.87. The molecule has 0 bridgehead atoms. The third-order valence-electron chi connectivity index (χ3n) is 6.93. The lowest BCUT2D eigenvalue weighted by Crippen LogP contribution is -2.18. The molecular weight excluding hydrogens is 537 g/mol. The van der Waals surface area contributed by atoms with E-state index in [9.17, 15) is 13.2 Å². The lowest BCUT2D eigenvalue weighted by atomic mass is 10.1. The van der Waals surface area contributed by atoms with Crippen LogP contribution in [0.3, 0.4) is 0 Å². The average molecular weight is 565 g/mol. The van der Waals surface area contributed by atoms with Gasteiger partial charge in [0.15, 0.2) is 28.5 Å². The van der Waals surface area contributed by atoms with E-state index in [0.29, 0.717) is 53.0 Å². The number of aromatic nitrogens is 7. The van der Waals surface area contributed by atoms with Crippen molar-refractivity contribution < 1.29 is 22.6 Å². The summed E-state index contributed by atoms with van der Waals surface area (Å²) < 4.78 is 54.1. The zero-order valence-corrected chi connectivity index (χ0v) is 22.4. The van der Waals surface area contributed by atoms with Gasteiger partial charge in [0.2, 0.25) is 5.88 Å². The van der Waals surface area contributed by atoms with Crippen LogP contribution in [0.4, 0.5) is 19.0 Å². The molecule has 10 nitrogen and oxygen atoms in total. The molecule has 5 heterocycles. The zero-order valence-electron chi connectivity index (χ0n) is 22.4. The normalized spacial score (nSPS) is 15.8. The Hall–Kier alpha value is -4.52. The maximum atomic E-state index is 13.1. The minimum Gasteiger partial charge on any atom is -0.480 e. The highest BCUT2D eigenvalue weighted by molar-refractivity contribution is 5.85. The van der Waals surface area contributed by atoms with Crippen LogP contribution in [0, 0.1) is 0 Å². The maximum Gasteiger partial charge on any atom is 0.434 e. The number of hydrogen-bond donors (Lipinski definition) is 1. The van der Waals surface area contributed by atoms with Crippen molar-refractivity contribution in [3.05, 3.63) is 66.4 Å². The molecule has 0 saturated carbocycles. The molecule has 41 heavy (non-hydrogen) atoms. The van der Waals surface area contributed by atoms with Gasteiger partial charge in [-0.1, -0.05) is 24.3 Å². The summed E-state index contributed by atoms with van der Waals surface area (Å²) in [6, 6.07) is 10.8. The molecule has 1 N–H and O–H groups in total. The lowest BCUT2D eigenvalue weighted by Gasteiger charge is -2.24. The summed E-state index contributed by atoms with van der Waals surface area (Å²) in [4.78, 5) is 22.3. The number of fused-ring (bicyclic) bond motifs is 1. The van der Waals surface area contributed by atoms with Gasteiger partial charge in [-0.05, 0) is 37.0 Å². The van der Waals surface area contributed by atoms with Crippen LogP contribution in [0.15, 0.2) is 55.1 Å². The summed E-state index contributed by atoms with van der Waals surface area (Å²) >= 11 is 0. The van der Waals surface area contributed by atoms with E-state index >= 15 is 0 Å². The van der Waals surface area contributed by atoms with E-state index in [1.807, 2.05) is 22.8 Å². The maximum absolute atomic E-state index is 13.1. The van der Waals surface area contributed by atoms with E-state index in [1.165, 1.54) is 4.57 Å². The molecule has 1 aliphatic heterocycles. The van der Waals surface area contributed by atoms with Gasteiger partial charge in [-0.2, -0.15) is 13.2 Å². The number of alkyl halides is 3. The monoisotopic (exact) mass is 564 g/mol. The van der Waals surface area contributed by atoms with Gasteiger partial charge < -0.3 is 19.4 Å². The number of nitrogens with zero attached hydrogens (tertiary/aromatic N) is 7. The van der Waals surface area contributed by atoms with Crippen molar-refractivity contribution in [2.24, 2.45) is 7.05 Å². The molecule has 1 fully saturated rings. The molecule has 0 aliphatic carbocycles. The smallest absolute Gasteiger partial charge is 0.434 e. The second-order valence-corrected chi connectivity index (χ2v) is 9.71. The Morgan fingerprint density at radius 1 is 1.07 bits per heavy atom. The highest BCUT2D eigenvalue weighted by Crippen LogP contribution is 2.33. The van der Waals surface area contributed by atoms with E-state index in [0.717, 1.165) is 31.0 Å². The first kappa shape index (κ1) is 26.7. The predicted molar refractivity (Wildman–Crippen MR) is 145 cm³/mol. The molecule has 5 aromatic rings. The van der Waals surface area contributed by atoms with E-state index < -0.39 is 11.9 Å². The Balaban J connectivity index is 1.31. The number of hydrogen-bond acceptors (Lipinski definition) is 8. The fourth-order valence-electron chi connectivity index (χ4n) is 4.87. The van der Waals surface area contributed by atoms with Gasteiger partial charge >= 0.3 is 6.18 Å². The molecule has 6 rings (SSSR count). The summed E-state index contributed by atoms with van der Waals surface area (Å²) in [6.45, 7) is 1.06. The second-order valence-electron chi connectivity index (χ2n) is 9.71. The van der Waals surface area contributed by atoms with Crippen molar-refractivity contribution in [1.82, 2.24) is 34.1 Å². The number of pyridine rings is 1. The Morgan fingerprint density at radius 3 is 2.61 bits per heavy atom. The second kappa shape index (κ2) is 10.8. The molecule has 13 heteroatoms. The van der Waals surface area contributed by atoms with Crippen molar-refractivity contribution in [1.29, 1.82) is 0 Å². The number of halogens is 3. The van der Waals surface area contributed by atoms with Gasteiger partial charge in [-0.25, -0.2) is 24.9 Å². The zero-order chi connectivity index (χ0) is 28.6. The van der Waals surface area contributed by atoms with Crippen molar-refractivity contribution >= 4 is 17.0 Å². The molecular formula is C28H27F3N8O2. The van der Waals surface area contributed by atoms with Crippen LogP contribution in [0.2, 0.25) is 0 Å². The van der Waals surface area contributed by atoms with Crippen LogP contribution >= 0.6 is 0 Å². The summed E-state index contributed by atoms with van der Waals surface area (Å²) in [5.41, 5.74) is 2.40. The Bertz CT molecular complexity index is 1670. The third-order valence-corrected chi connectivity index (χ3v) is 6.93. The van der Waals surface area contributed by atoms with Crippen molar-refractivity contribution in [3.63, 3.8) is 0 Å². The minimum atomic E-state index is -4.50. The number of aryl methyl sites for hydroxylation is 1. The van der Waals surface area contributed by atoms with Crippen LogP contribution in [0.1, 0.15) is 36.7 Å². The molecule has 0 radical (unpaired) electrons. The first-order chi connectivity index (χ1) is 19.8. The molecule has 1 aliphatic rings. The Kier molecular flexibility index (Phi) is 7.03. The van der Waals surface area contributed by atoms with Crippen molar-refractivity contribution in [2.75, 3.05) is 19.0 Å². The van der Waals surface area contributed by atoms with Gasteiger partial charge in [0.25, 0.3) is 0 Å². The largest absolute Gasteiger partial charge is 0.480 e. The van der Waals surface area contributed by atoms with Crippen LogP contribution in [-0.2, 0) is 24.5 Å². The van der Waals surface area contributed by atoms with E-state index in [-0.39, 0.29) is 12.1 Å². The summed E-state index contributed by atoms with van der Waals surface area (Å²) in [5, 5.41) is 3.36. The van der Waals surface area contributed by atoms with E-state index in [2.05, 4.69) is 20.3 Å². The molecule has 1 unspecified atom stereocenters. The van der Waals surface area contributed by atoms with Gasteiger partial charge in [-0.15, -0.1) is 0 Å². The summed E-state index contributed by atoms with van der Waals surface area (Å²) in [5.74, 6) is 1.58. The van der Waals surface area contributed by atoms with Gasteiger partial charge in [0, 0.05) is 38.2 Å². The first-order valence-corrected chi connectivity index (χ1v) is 13.1. The molecule has 1 aromatic carbocycles. The van der Waals surface area contributed by atoms with Crippen LogP contribution < -0.4 is 10.1 Å². The van der Waals surface area contributed by atoms with Crippen molar-refractivity contribution in [2.45, 2.75) is 38.2 Å². The average Bonchev–Trinajstić information content (AvgIpc) is 3.60. The molecule has 1 atom stereocenters. The SMILES string of the molecule is COc1ncccc1-c1nc(NCc2ccc(-c3nc(C(F)(F)F)cn3C)cc2)c2ncn(C3CCCCO3)c2n1. The number of nitrogens with one attached hydrogen (secondary N) is 1. The standard InChI is InChI=1S/C28H27F3N8O2/c1-38-15-20(28(29,30)31)35-25(38)18-10-8-17(9-11-18)14-33-24-22-26(39(16-34-22)21-7-3-4-13-41-21)37-23(36-24)19-6-5-12-32-27(19)40-2/h5-6,8-12,15-16,21H,3-4,7,13-14H2,1-2H3,(H,33,36,37). The number of methoxy groups -OCH3 is 1. The molecule has 0 amide bonds. The predicted octanol–water partition coefficient (Wildman–Crippen LogP) is 5.63. The van der Waals surface area contributed by atoms with Gasteiger partial charge in [0.05, 0.1) is 19.0 Å². The molecule has 1 saturated heterocycles. The van der Waals surface area contributed by atoms with Crippen LogP contribution in [0.5, 0.6) is 5.88 Å². The number of ether oxygens (including phenoxy) is 2. The van der Waals surface area contributed by atoms with E-state index in [4.69, 9.17) is 19.4 Å². The Labute approximate surface area is 233 Å². The minimum absolute atomic E-state index is 0.170. The molecule has 4 aromatic heterocycles. The third kappa shape index (κ3) is 5.32. The topological polar surface area (TPSA) is 105 Å². The molecule has 212 valence electrons. The lowest BCUT2D eigenvalue weighted by molar-refractivity contribution is -0.140. The quantitative estimate of drug-likeness (QED) is 0.271. The first-order valence-electron chi connectivity index (χ1n) is 13.1. The number of imidazole rings is 2. The molecule has 0 spiro atoms. The van der Waals surface area contributed by atoms with Crippen molar-refractivity contribution in [3.8, 4) is 28.7 Å². The summed E-state index contributed by atoms with van der Waals surface area (Å²) in [6.07, 6.45) is 2.60. The number of rotatable bonds is 7. The van der Waals surface area contributed by atoms with Gasteiger partial charge in [-0.3, -0.25) is 4.57 Å².